The van der Waals surface area contributed by atoms with Gasteiger partial charge in [-0.25, -0.2) is 4.68 Å². The Balaban J connectivity index is 1.49. The number of nitrogens with zero attached hydrogens (tertiary/aromatic N) is 5. The zero-order valence-electron chi connectivity index (χ0n) is 17.0. The van der Waals surface area contributed by atoms with Gasteiger partial charge in [0.1, 0.15) is 5.75 Å². The van der Waals surface area contributed by atoms with Crippen molar-refractivity contribution in [3.8, 4) is 11.4 Å². The molecule has 0 saturated carbocycles. The third-order valence-corrected chi connectivity index (χ3v) is 5.30. The maximum Gasteiger partial charge on any atom is 0.231 e. The lowest BCUT2D eigenvalue weighted by molar-refractivity contribution is 0.179. The molecule has 1 aromatic carbocycles. The Labute approximate surface area is 170 Å². The Hall–Kier alpha value is -2.71. The zero-order valence-corrected chi connectivity index (χ0v) is 17.0. The molecule has 1 unspecified atom stereocenters. The molecule has 1 fully saturated rings. The first-order valence-electron chi connectivity index (χ1n) is 9.97. The number of hydrogen-bond acceptors (Lipinski definition) is 7. The summed E-state index contributed by atoms with van der Waals surface area (Å²) in [4.78, 5) is 7.02. The fraction of sp³-hybridized carbons (Fsp3) is 0.476. The number of hydrogen-bond donors (Lipinski definition) is 0. The minimum absolute atomic E-state index is 0.256. The lowest BCUT2D eigenvalue weighted by atomic mass is 9.97. The first kappa shape index (κ1) is 19.6. The van der Waals surface area contributed by atoms with E-state index in [4.69, 9.17) is 14.0 Å². The van der Waals surface area contributed by atoms with E-state index in [-0.39, 0.29) is 5.92 Å². The molecule has 0 spiro atoms. The molecule has 0 amide bonds. The molecule has 8 heteroatoms. The van der Waals surface area contributed by atoms with Gasteiger partial charge in [-0.1, -0.05) is 5.16 Å². The van der Waals surface area contributed by atoms with E-state index in [1.807, 2.05) is 23.0 Å². The van der Waals surface area contributed by atoms with Crippen molar-refractivity contribution in [2.24, 2.45) is 0 Å². The molecule has 8 nitrogen and oxygen atoms in total. The van der Waals surface area contributed by atoms with Gasteiger partial charge < -0.3 is 14.0 Å². The molecule has 1 aliphatic heterocycles. The number of ether oxygens (including phenoxy) is 2. The zero-order chi connectivity index (χ0) is 20.1. The van der Waals surface area contributed by atoms with Crippen LogP contribution < -0.4 is 4.74 Å². The summed E-state index contributed by atoms with van der Waals surface area (Å²) in [7, 11) is 3.37. The summed E-state index contributed by atoms with van der Waals surface area (Å²) >= 11 is 0. The molecule has 3 heterocycles. The Morgan fingerprint density at radius 3 is 3.00 bits per heavy atom. The predicted molar refractivity (Wildman–Crippen MR) is 107 cm³/mol. The van der Waals surface area contributed by atoms with Crippen LogP contribution in [0.3, 0.4) is 0 Å². The summed E-state index contributed by atoms with van der Waals surface area (Å²) in [5, 5.41) is 8.50. The number of likely N-dealkylation sites (tertiary alicyclic amines) is 1. The van der Waals surface area contributed by atoms with Crippen molar-refractivity contribution >= 4 is 0 Å². The van der Waals surface area contributed by atoms with Gasteiger partial charge in [0.05, 0.1) is 25.3 Å². The van der Waals surface area contributed by atoms with E-state index in [1.54, 1.807) is 20.4 Å². The molecule has 1 saturated heterocycles. The van der Waals surface area contributed by atoms with E-state index >= 15 is 0 Å². The van der Waals surface area contributed by atoms with Crippen LogP contribution in [0.15, 0.2) is 41.2 Å². The number of benzene rings is 1. The summed E-state index contributed by atoms with van der Waals surface area (Å²) in [5.41, 5.74) is 2.25. The topological polar surface area (TPSA) is 78.4 Å². The van der Waals surface area contributed by atoms with E-state index < -0.39 is 0 Å². The minimum Gasteiger partial charge on any atom is -0.497 e. The molecule has 0 radical (unpaired) electrons. The van der Waals surface area contributed by atoms with Crippen molar-refractivity contribution in [3.05, 3.63) is 53.9 Å². The fourth-order valence-electron chi connectivity index (χ4n) is 3.82. The normalized spacial score (nSPS) is 17.5. The lowest BCUT2D eigenvalue weighted by Gasteiger charge is -2.31. The van der Waals surface area contributed by atoms with Gasteiger partial charge in [-0.3, -0.25) is 4.90 Å². The van der Waals surface area contributed by atoms with Crippen LogP contribution in [0.5, 0.6) is 5.75 Å². The molecule has 0 N–H and O–H groups in total. The summed E-state index contributed by atoms with van der Waals surface area (Å²) in [6.07, 6.45) is 6.59. The SMILES string of the molecule is COCCc1noc(C2CCCN(Cc3cc(OC)ccc3-n3cccn3)C2)n1. The van der Waals surface area contributed by atoms with Gasteiger partial charge in [0.2, 0.25) is 5.89 Å². The molecule has 3 aromatic rings. The molecular formula is C21H27N5O3. The third kappa shape index (κ3) is 4.65. The summed E-state index contributed by atoms with van der Waals surface area (Å²) in [6, 6.07) is 8.06. The van der Waals surface area contributed by atoms with Crippen LogP contribution in [0.2, 0.25) is 0 Å². The van der Waals surface area contributed by atoms with Crippen LogP contribution in [-0.2, 0) is 17.7 Å². The molecule has 0 bridgehead atoms. The molecular weight excluding hydrogens is 370 g/mol. The van der Waals surface area contributed by atoms with E-state index in [9.17, 15) is 0 Å². The highest BCUT2D eigenvalue weighted by Gasteiger charge is 2.26. The van der Waals surface area contributed by atoms with Gasteiger partial charge in [0, 0.05) is 39.0 Å². The first-order valence-corrected chi connectivity index (χ1v) is 9.97. The maximum atomic E-state index is 5.54. The third-order valence-electron chi connectivity index (χ3n) is 5.30. The van der Waals surface area contributed by atoms with Gasteiger partial charge in [-0.15, -0.1) is 0 Å². The van der Waals surface area contributed by atoms with Crippen molar-refractivity contribution in [1.82, 2.24) is 24.8 Å². The number of rotatable bonds is 8. The van der Waals surface area contributed by atoms with Gasteiger partial charge in [0.15, 0.2) is 5.82 Å². The van der Waals surface area contributed by atoms with Crippen molar-refractivity contribution in [2.75, 3.05) is 33.9 Å². The number of piperidine rings is 1. The maximum absolute atomic E-state index is 5.54. The standard InChI is InChI=1S/C21H27N5O3/c1-27-12-8-20-23-21(29-24-20)16-5-3-10-25(14-16)15-17-13-18(28-2)6-7-19(17)26-11-4-9-22-26/h4,6-7,9,11,13,16H,3,5,8,10,12,14-15H2,1-2H3. The first-order chi connectivity index (χ1) is 14.3. The largest absolute Gasteiger partial charge is 0.497 e. The highest BCUT2D eigenvalue weighted by atomic mass is 16.5. The smallest absolute Gasteiger partial charge is 0.231 e. The Bertz CT molecular complexity index is 909. The van der Waals surface area contributed by atoms with Crippen molar-refractivity contribution in [3.63, 3.8) is 0 Å². The average Bonchev–Trinajstić information content (AvgIpc) is 3.45. The second-order valence-electron chi connectivity index (χ2n) is 7.31. The minimum atomic E-state index is 0.256. The van der Waals surface area contributed by atoms with E-state index in [0.29, 0.717) is 18.9 Å². The summed E-state index contributed by atoms with van der Waals surface area (Å²) < 4.78 is 18.0. The van der Waals surface area contributed by atoms with Gasteiger partial charge in [-0.05, 0) is 49.2 Å². The van der Waals surface area contributed by atoms with Crippen molar-refractivity contribution < 1.29 is 14.0 Å². The second kappa shape index (κ2) is 9.19. The van der Waals surface area contributed by atoms with E-state index in [0.717, 1.165) is 49.8 Å². The quantitative estimate of drug-likeness (QED) is 0.578. The van der Waals surface area contributed by atoms with E-state index in [1.165, 1.54) is 5.56 Å². The Morgan fingerprint density at radius 2 is 2.21 bits per heavy atom. The predicted octanol–water partition coefficient (Wildman–Crippen LogP) is 2.83. The van der Waals surface area contributed by atoms with Gasteiger partial charge in [-0.2, -0.15) is 10.1 Å². The Morgan fingerprint density at radius 1 is 1.28 bits per heavy atom. The monoisotopic (exact) mass is 397 g/mol. The number of methoxy groups -OCH3 is 2. The van der Waals surface area contributed by atoms with Crippen LogP contribution in [-0.4, -0.2) is 58.7 Å². The molecule has 1 aliphatic rings. The van der Waals surface area contributed by atoms with Gasteiger partial charge >= 0.3 is 0 Å². The summed E-state index contributed by atoms with van der Waals surface area (Å²) in [5.74, 6) is 2.56. The second-order valence-corrected chi connectivity index (χ2v) is 7.31. The molecule has 1 atom stereocenters. The number of aromatic nitrogens is 4. The van der Waals surface area contributed by atoms with E-state index in [2.05, 4.69) is 32.3 Å². The van der Waals surface area contributed by atoms with Crippen molar-refractivity contribution in [2.45, 2.75) is 31.7 Å². The lowest BCUT2D eigenvalue weighted by Crippen LogP contribution is -2.34. The van der Waals surface area contributed by atoms with Crippen LogP contribution in [0.1, 0.15) is 36.0 Å². The van der Waals surface area contributed by atoms with Crippen LogP contribution in [0.25, 0.3) is 5.69 Å². The molecule has 154 valence electrons. The van der Waals surface area contributed by atoms with Crippen LogP contribution >= 0.6 is 0 Å². The van der Waals surface area contributed by atoms with Crippen molar-refractivity contribution in [1.29, 1.82) is 0 Å². The molecule has 0 aliphatic carbocycles. The Kier molecular flexibility index (Phi) is 6.21. The molecule has 2 aromatic heterocycles. The van der Waals surface area contributed by atoms with Gasteiger partial charge in [0.25, 0.3) is 0 Å². The highest BCUT2D eigenvalue weighted by Crippen LogP contribution is 2.29. The molecule has 29 heavy (non-hydrogen) atoms. The molecule has 4 rings (SSSR count). The van der Waals surface area contributed by atoms with Crippen LogP contribution in [0.4, 0.5) is 0 Å². The highest BCUT2D eigenvalue weighted by molar-refractivity contribution is 5.45. The summed E-state index contributed by atoms with van der Waals surface area (Å²) in [6.45, 7) is 3.34. The van der Waals surface area contributed by atoms with Crippen LogP contribution in [0, 0.1) is 0 Å². The fourth-order valence-corrected chi connectivity index (χ4v) is 3.82. The average molecular weight is 397 g/mol.